The molecular weight excluding hydrogens is 300 g/mol. The zero-order chi connectivity index (χ0) is 17.3. The van der Waals surface area contributed by atoms with E-state index in [9.17, 15) is 24.3 Å². The van der Waals surface area contributed by atoms with Crippen molar-refractivity contribution in [3.05, 3.63) is 0 Å². The summed E-state index contributed by atoms with van der Waals surface area (Å²) in [5, 5.41) is 9.30. The predicted molar refractivity (Wildman–Crippen MR) is 70.4 cm³/mol. The Bertz CT molecular complexity index is 418. The van der Waals surface area contributed by atoms with Crippen molar-refractivity contribution in [2.75, 3.05) is 13.2 Å². The summed E-state index contributed by atoms with van der Waals surface area (Å²) < 4.78 is 19.5. The number of carbonyl (C=O) groups is 4. The van der Waals surface area contributed by atoms with Crippen molar-refractivity contribution in [3.63, 3.8) is 0 Å². The second-order valence-electron chi connectivity index (χ2n) is 4.35. The Morgan fingerprint density at radius 3 is 1.59 bits per heavy atom. The highest BCUT2D eigenvalue weighted by atomic mass is 16.6. The first-order valence-electron chi connectivity index (χ1n) is 6.43. The molecule has 0 aliphatic carbocycles. The lowest BCUT2D eigenvalue weighted by molar-refractivity contribution is -0.192. The van der Waals surface area contributed by atoms with Gasteiger partial charge in [-0.1, -0.05) is 0 Å². The summed E-state index contributed by atoms with van der Waals surface area (Å²) in [6, 6.07) is 0. The van der Waals surface area contributed by atoms with E-state index in [0.717, 1.165) is 27.7 Å². The van der Waals surface area contributed by atoms with Crippen LogP contribution in [0.3, 0.4) is 0 Å². The van der Waals surface area contributed by atoms with Gasteiger partial charge >= 0.3 is 23.9 Å². The summed E-state index contributed by atoms with van der Waals surface area (Å²) in [6.45, 7) is 3.32. The Balaban J connectivity index is 5.30. The van der Waals surface area contributed by atoms with E-state index in [2.05, 4.69) is 0 Å². The minimum absolute atomic E-state index is 0.426. The molecule has 0 aromatic rings. The molecule has 0 amide bonds. The van der Waals surface area contributed by atoms with Crippen molar-refractivity contribution in [1.82, 2.24) is 0 Å². The second-order valence-corrected chi connectivity index (χ2v) is 4.35. The van der Waals surface area contributed by atoms with Gasteiger partial charge in [0.2, 0.25) is 0 Å². The summed E-state index contributed by atoms with van der Waals surface area (Å²) in [6.07, 6.45) is -3.84. The van der Waals surface area contributed by atoms with Crippen LogP contribution < -0.4 is 0 Å². The normalized spacial score (nSPS) is 14.2. The SMILES string of the molecule is CC(=O)OC[C@H](OC(C)=O)[C@H](OC(C)=O)[C@@H](CO)OC(C)=O. The predicted octanol–water partition coefficient (Wildman–Crippen LogP) is -0.663. The van der Waals surface area contributed by atoms with Crippen LogP contribution in [-0.4, -0.2) is 60.5 Å². The fraction of sp³-hybridized carbons (Fsp3) is 0.692. The molecule has 0 spiro atoms. The topological polar surface area (TPSA) is 125 Å². The minimum atomic E-state index is -1.32. The Kier molecular flexibility index (Phi) is 8.76. The van der Waals surface area contributed by atoms with Gasteiger partial charge in [-0.05, 0) is 0 Å². The van der Waals surface area contributed by atoms with Crippen molar-refractivity contribution < 1.29 is 43.2 Å². The standard InChI is InChI=1S/C13H20O9/c1-7(15)19-6-12(21-9(3)17)13(22-10(4)18)11(5-14)20-8(2)16/h11-14H,5-6H2,1-4H3/t11-,12+,13-/m1/s1. The lowest BCUT2D eigenvalue weighted by Gasteiger charge is -2.30. The molecule has 0 aliphatic rings. The van der Waals surface area contributed by atoms with Gasteiger partial charge in [-0.2, -0.15) is 0 Å². The Morgan fingerprint density at radius 1 is 0.773 bits per heavy atom. The number of hydrogen-bond acceptors (Lipinski definition) is 9. The van der Waals surface area contributed by atoms with Gasteiger partial charge in [0, 0.05) is 27.7 Å². The maximum atomic E-state index is 11.2. The number of aliphatic hydroxyl groups excluding tert-OH is 1. The number of esters is 4. The number of carbonyl (C=O) groups excluding carboxylic acids is 4. The molecule has 0 bridgehead atoms. The van der Waals surface area contributed by atoms with E-state index in [1.807, 2.05) is 0 Å². The molecule has 0 unspecified atom stereocenters. The Labute approximate surface area is 127 Å². The van der Waals surface area contributed by atoms with Crippen LogP contribution >= 0.6 is 0 Å². The van der Waals surface area contributed by atoms with E-state index in [4.69, 9.17) is 18.9 Å². The van der Waals surface area contributed by atoms with Crippen LogP contribution in [0.2, 0.25) is 0 Å². The molecule has 0 saturated heterocycles. The second kappa shape index (κ2) is 9.72. The van der Waals surface area contributed by atoms with E-state index in [1.54, 1.807) is 0 Å². The molecule has 9 nitrogen and oxygen atoms in total. The Morgan fingerprint density at radius 2 is 1.23 bits per heavy atom. The van der Waals surface area contributed by atoms with Crippen LogP contribution in [0.4, 0.5) is 0 Å². The molecule has 9 heteroatoms. The number of aliphatic hydroxyl groups is 1. The van der Waals surface area contributed by atoms with Gasteiger partial charge in [-0.3, -0.25) is 19.2 Å². The minimum Gasteiger partial charge on any atom is -0.462 e. The first kappa shape index (κ1) is 19.8. The van der Waals surface area contributed by atoms with Crippen molar-refractivity contribution in [1.29, 1.82) is 0 Å². The third-order valence-electron chi connectivity index (χ3n) is 2.30. The zero-order valence-electron chi connectivity index (χ0n) is 12.9. The summed E-state index contributed by atoms with van der Waals surface area (Å²) in [7, 11) is 0. The summed E-state index contributed by atoms with van der Waals surface area (Å²) in [5.41, 5.74) is 0. The highest BCUT2D eigenvalue weighted by Gasteiger charge is 2.37. The lowest BCUT2D eigenvalue weighted by atomic mass is 10.1. The molecular formula is C13H20O9. The fourth-order valence-corrected chi connectivity index (χ4v) is 1.61. The van der Waals surface area contributed by atoms with Gasteiger partial charge < -0.3 is 24.1 Å². The van der Waals surface area contributed by atoms with Gasteiger partial charge in [-0.15, -0.1) is 0 Å². The monoisotopic (exact) mass is 320 g/mol. The third-order valence-corrected chi connectivity index (χ3v) is 2.30. The van der Waals surface area contributed by atoms with E-state index in [-0.39, 0.29) is 0 Å². The maximum absolute atomic E-state index is 11.2. The highest BCUT2D eigenvalue weighted by molar-refractivity contribution is 5.68. The maximum Gasteiger partial charge on any atom is 0.303 e. The van der Waals surface area contributed by atoms with E-state index in [0.29, 0.717) is 0 Å². The fourth-order valence-electron chi connectivity index (χ4n) is 1.61. The summed E-state index contributed by atoms with van der Waals surface area (Å²) in [5.74, 6) is -2.86. The van der Waals surface area contributed by atoms with Gasteiger partial charge in [0.1, 0.15) is 6.61 Å². The molecule has 0 aromatic carbocycles. The van der Waals surface area contributed by atoms with Crippen LogP contribution in [0.1, 0.15) is 27.7 Å². The lowest BCUT2D eigenvalue weighted by Crippen LogP contribution is -2.48. The van der Waals surface area contributed by atoms with Crippen LogP contribution in [0.15, 0.2) is 0 Å². The van der Waals surface area contributed by atoms with Crippen molar-refractivity contribution in [2.24, 2.45) is 0 Å². The zero-order valence-corrected chi connectivity index (χ0v) is 12.9. The van der Waals surface area contributed by atoms with Crippen molar-refractivity contribution >= 4 is 23.9 Å². The van der Waals surface area contributed by atoms with E-state index >= 15 is 0 Å². The van der Waals surface area contributed by atoms with Crippen molar-refractivity contribution in [3.8, 4) is 0 Å². The first-order valence-corrected chi connectivity index (χ1v) is 6.43. The first-order chi connectivity index (χ1) is 10.2. The van der Waals surface area contributed by atoms with E-state index < -0.39 is 55.4 Å². The average Bonchev–Trinajstić information content (AvgIpc) is 2.37. The molecule has 22 heavy (non-hydrogen) atoms. The van der Waals surface area contributed by atoms with Crippen molar-refractivity contribution in [2.45, 2.75) is 46.0 Å². The van der Waals surface area contributed by atoms with Gasteiger partial charge in [0.05, 0.1) is 6.61 Å². The van der Waals surface area contributed by atoms with Gasteiger partial charge in [-0.25, -0.2) is 0 Å². The molecule has 0 radical (unpaired) electrons. The summed E-state index contributed by atoms with van der Waals surface area (Å²) >= 11 is 0. The molecule has 0 aliphatic heterocycles. The molecule has 0 rings (SSSR count). The number of hydrogen-bond donors (Lipinski definition) is 1. The van der Waals surface area contributed by atoms with Crippen LogP contribution in [0.5, 0.6) is 0 Å². The molecule has 126 valence electrons. The van der Waals surface area contributed by atoms with Crippen LogP contribution in [0, 0.1) is 0 Å². The molecule has 0 saturated carbocycles. The van der Waals surface area contributed by atoms with Gasteiger partial charge in [0.25, 0.3) is 0 Å². The smallest absolute Gasteiger partial charge is 0.303 e. The average molecular weight is 320 g/mol. The Hall–Kier alpha value is -2.16. The summed E-state index contributed by atoms with van der Waals surface area (Å²) in [4.78, 5) is 44.3. The third kappa shape index (κ3) is 8.20. The molecule has 1 N–H and O–H groups in total. The number of rotatable bonds is 8. The quantitative estimate of drug-likeness (QED) is 0.458. The van der Waals surface area contributed by atoms with Crippen LogP contribution in [0.25, 0.3) is 0 Å². The molecule has 0 heterocycles. The molecule has 0 fully saturated rings. The van der Waals surface area contributed by atoms with E-state index in [1.165, 1.54) is 0 Å². The van der Waals surface area contributed by atoms with Gasteiger partial charge in [0.15, 0.2) is 18.3 Å². The number of ether oxygens (including phenoxy) is 4. The molecule has 3 atom stereocenters. The molecule has 0 aromatic heterocycles. The largest absolute Gasteiger partial charge is 0.462 e. The highest BCUT2D eigenvalue weighted by Crippen LogP contribution is 2.14. The van der Waals surface area contributed by atoms with Crippen LogP contribution in [-0.2, 0) is 38.1 Å².